The average molecular weight is 247 g/mol. The van der Waals surface area contributed by atoms with Crippen LogP contribution in [0.25, 0.3) is 10.6 Å². The number of nitrogens with zero attached hydrogens (tertiary/aromatic N) is 2. The molecule has 0 saturated carbocycles. The summed E-state index contributed by atoms with van der Waals surface area (Å²) in [6, 6.07) is 0.633. The molecule has 1 aromatic heterocycles. The van der Waals surface area contributed by atoms with Gasteiger partial charge in [0, 0.05) is 0 Å². The second-order valence-electron chi connectivity index (χ2n) is 2.83. The highest BCUT2D eigenvalue weighted by atomic mass is 32.1. The van der Waals surface area contributed by atoms with Crippen molar-refractivity contribution in [1.29, 1.82) is 0 Å². The molecule has 3 N–H and O–H groups in total. The van der Waals surface area contributed by atoms with Crippen molar-refractivity contribution in [3.63, 3.8) is 0 Å². The van der Waals surface area contributed by atoms with Crippen molar-refractivity contribution in [2.24, 2.45) is 0 Å². The smallest absolute Gasteiger partial charge is 0.204 e. The number of anilines is 1. The molecule has 0 fully saturated rings. The number of hydrogen-bond donors (Lipinski definition) is 2. The fourth-order valence-electron chi connectivity index (χ4n) is 1.09. The number of phenolic OH excluding ortho intramolecular Hbond substituents is 1. The van der Waals surface area contributed by atoms with E-state index in [0.29, 0.717) is 6.07 Å². The Bertz CT molecular complexity index is 558. The second kappa shape index (κ2) is 3.63. The first-order valence-corrected chi connectivity index (χ1v) is 4.78. The van der Waals surface area contributed by atoms with Crippen LogP contribution in [0.5, 0.6) is 5.75 Å². The van der Waals surface area contributed by atoms with Crippen LogP contribution in [0.4, 0.5) is 18.3 Å². The predicted octanol–water partition coefficient (Wildman–Crippen LogP) is 1.91. The lowest BCUT2D eigenvalue weighted by Gasteiger charge is -2.03. The maximum atomic E-state index is 13.0. The van der Waals surface area contributed by atoms with Crippen LogP contribution in [0.15, 0.2) is 6.07 Å². The molecule has 0 amide bonds. The van der Waals surface area contributed by atoms with Gasteiger partial charge in [0.05, 0.1) is 5.56 Å². The molecule has 2 aromatic rings. The van der Waals surface area contributed by atoms with E-state index < -0.39 is 23.2 Å². The summed E-state index contributed by atoms with van der Waals surface area (Å²) in [6.45, 7) is 0. The SMILES string of the molecule is Nc1nnc(-c2cc(F)c(F)c(F)c2O)s1. The van der Waals surface area contributed by atoms with Gasteiger partial charge in [-0.15, -0.1) is 10.2 Å². The number of nitrogen functional groups attached to an aromatic ring is 1. The number of aromatic hydroxyl groups is 1. The van der Waals surface area contributed by atoms with Gasteiger partial charge in [-0.2, -0.15) is 4.39 Å². The Kier molecular flexibility index (Phi) is 2.43. The molecule has 0 saturated heterocycles. The van der Waals surface area contributed by atoms with Gasteiger partial charge < -0.3 is 10.8 Å². The third kappa shape index (κ3) is 1.56. The van der Waals surface area contributed by atoms with Gasteiger partial charge in [0.25, 0.3) is 0 Å². The number of phenols is 1. The van der Waals surface area contributed by atoms with Crippen LogP contribution < -0.4 is 5.73 Å². The zero-order valence-corrected chi connectivity index (χ0v) is 8.35. The number of nitrogens with two attached hydrogens (primary N) is 1. The molecule has 1 heterocycles. The highest BCUT2D eigenvalue weighted by Gasteiger charge is 2.21. The molecule has 16 heavy (non-hydrogen) atoms. The van der Waals surface area contributed by atoms with Gasteiger partial charge in [-0.25, -0.2) is 8.78 Å². The lowest BCUT2D eigenvalue weighted by atomic mass is 10.2. The number of benzene rings is 1. The highest BCUT2D eigenvalue weighted by molar-refractivity contribution is 7.18. The van der Waals surface area contributed by atoms with Crippen LogP contribution in [0.2, 0.25) is 0 Å². The number of aromatic nitrogens is 2. The number of hydrogen-bond acceptors (Lipinski definition) is 5. The Morgan fingerprint density at radius 2 is 1.88 bits per heavy atom. The fourth-order valence-corrected chi connectivity index (χ4v) is 1.72. The molecule has 0 bridgehead atoms. The van der Waals surface area contributed by atoms with E-state index in [-0.39, 0.29) is 15.7 Å². The molecule has 0 aliphatic heterocycles. The van der Waals surface area contributed by atoms with E-state index in [1.807, 2.05) is 0 Å². The molecule has 0 atom stereocenters. The Hall–Kier alpha value is -1.83. The monoisotopic (exact) mass is 247 g/mol. The summed E-state index contributed by atoms with van der Waals surface area (Å²) in [7, 11) is 0. The third-order valence-corrected chi connectivity index (χ3v) is 2.59. The van der Waals surface area contributed by atoms with Crippen molar-refractivity contribution >= 4 is 16.5 Å². The van der Waals surface area contributed by atoms with E-state index in [4.69, 9.17) is 5.73 Å². The van der Waals surface area contributed by atoms with Crippen LogP contribution in [0.3, 0.4) is 0 Å². The quantitative estimate of drug-likeness (QED) is 0.755. The minimum Gasteiger partial charge on any atom is -0.504 e. The molecule has 2 rings (SSSR count). The topological polar surface area (TPSA) is 72.0 Å². The van der Waals surface area contributed by atoms with Gasteiger partial charge in [-0.05, 0) is 6.07 Å². The summed E-state index contributed by atoms with van der Waals surface area (Å²) in [5.41, 5.74) is 4.99. The Morgan fingerprint density at radius 3 is 2.44 bits per heavy atom. The standard InChI is InChI=1S/C8H4F3N3OS/c9-3-1-2(6(15)5(11)4(3)10)7-13-14-8(12)16-7/h1,15H,(H2,12,14). The molecular weight excluding hydrogens is 243 g/mol. The van der Waals surface area contributed by atoms with Crippen LogP contribution in [-0.2, 0) is 0 Å². The molecule has 0 aliphatic rings. The lowest BCUT2D eigenvalue weighted by molar-refractivity contribution is 0.388. The van der Waals surface area contributed by atoms with Crippen molar-refractivity contribution in [3.05, 3.63) is 23.5 Å². The van der Waals surface area contributed by atoms with E-state index in [1.165, 1.54) is 0 Å². The van der Waals surface area contributed by atoms with Gasteiger partial charge in [-0.1, -0.05) is 11.3 Å². The first-order valence-electron chi connectivity index (χ1n) is 3.96. The molecule has 0 aliphatic carbocycles. The highest BCUT2D eigenvalue weighted by Crippen LogP contribution is 2.35. The van der Waals surface area contributed by atoms with Gasteiger partial charge in [-0.3, -0.25) is 0 Å². The van der Waals surface area contributed by atoms with Gasteiger partial charge in [0.15, 0.2) is 22.4 Å². The lowest BCUT2D eigenvalue weighted by Crippen LogP contribution is -1.93. The first kappa shape index (κ1) is 10.7. The summed E-state index contributed by atoms with van der Waals surface area (Å²) in [4.78, 5) is 0. The average Bonchev–Trinajstić information content (AvgIpc) is 2.67. The summed E-state index contributed by atoms with van der Waals surface area (Å²) in [6.07, 6.45) is 0. The van der Waals surface area contributed by atoms with Crippen molar-refractivity contribution in [2.75, 3.05) is 5.73 Å². The number of rotatable bonds is 1. The molecule has 4 nitrogen and oxygen atoms in total. The Morgan fingerprint density at radius 1 is 1.19 bits per heavy atom. The molecule has 84 valence electrons. The van der Waals surface area contributed by atoms with Gasteiger partial charge in [0.1, 0.15) is 0 Å². The maximum absolute atomic E-state index is 13.0. The zero-order chi connectivity index (χ0) is 11.9. The molecule has 0 spiro atoms. The molecule has 8 heteroatoms. The minimum absolute atomic E-state index is 0.00722. The van der Waals surface area contributed by atoms with E-state index in [1.54, 1.807) is 0 Å². The van der Waals surface area contributed by atoms with Crippen LogP contribution >= 0.6 is 11.3 Å². The van der Waals surface area contributed by atoms with Gasteiger partial charge >= 0.3 is 0 Å². The van der Waals surface area contributed by atoms with Crippen molar-refractivity contribution in [1.82, 2.24) is 10.2 Å². The summed E-state index contributed by atoms with van der Waals surface area (Å²) in [5, 5.41) is 16.3. The zero-order valence-electron chi connectivity index (χ0n) is 7.54. The van der Waals surface area contributed by atoms with Gasteiger partial charge in [0.2, 0.25) is 10.9 Å². The summed E-state index contributed by atoms with van der Waals surface area (Å²) < 4.78 is 38.6. The maximum Gasteiger partial charge on any atom is 0.204 e. The van der Waals surface area contributed by atoms with E-state index >= 15 is 0 Å². The van der Waals surface area contributed by atoms with Crippen molar-refractivity contribution < 1.29 is 18.3 Å². The first-order chi connectivity index (χ1) is 7.50. The minimum atomic E-state index is -1.74. The molecular formula is C8H4F3N3OS. The van der Waals surface area contributed by atoms with Crippen LogP contribution in [-0.4, -0.2) is 15.3 Å². The second-order valence-corrected chi connectivity index (χ2v) is 3.84. The third-order valence-electron chi connectivity index (χ3n) is 1.81. The fraction of sp³-hybridized carbons (Fsp3) is 0. The normalized spacial score (nSPS) is 10.7. The van der Waals surface area contributed by atoms with E-state index in [2.05, 4.69) is 10.2 Å². The largest absolute Gasteiger partial charge is 0.504 e. The van der Waals surface area contributed by atoms with E-state index in [9.17, 15) is 18.3 Å². The van der Waals surface area contributed by atoms with Crippen molar-refractivity contribution in [2.45, 2.75) is 0 Å². The molecule has 0 radical (unpaired) electrons. The molecule has 0 unspecified atom stereocenters. The predicted molar refractivity (Wildman–Crippen MR) is 51.3 cm³/mol. The van der Waals surface area contributed by atoms with Crippen molar-refractivity contribution in [3.8, 4) is 16.3 Å². The molecule has 1 aromatic carbocycles. The summed E-state index contributed by atoms with van der Waals surface area (Å²) >= 11 is 0.818. The van der Waals surface area contributed by atoms with Crippen LogP contribution in [0.1, 0.15) is 0 Å². The summed E-state index contributed by atoms with van der Waals surface area (Å²) in [5.74, 6) is -5.84. The Balaban J connectivity index is 2.66. The Labute approximate surface area is 91.2 Å². The van der Waals surface area contributed by atoms with E-state index in [0.717, 1.165) is 11.3 Å². The number of halogens is 3. The van der Waals surface area contributed by atoms with Crippen LogP contribution in [0, 0.1) is 17.5 Å².